The van der Waals surface area contributed by atoms with Crippen LogP contribution in [0.25, 0.3) is 0 Å². The quantitative estimate of drug-likeness (QED) is 0.727. The molecule has 0 saturated carbocycles. The molecule has 124 valence electrons. The van der Waals surface area contributed by atoms with Crippen LogP contribution in [-0.2, 0) is 11.2 Å². The predicted octanol–water partition coefficient (Wildman–Crippen LogP) is 3.06. The summed E-state index contributed by atoms with van der Waals surface area (Å²) >= 11 is 0. The lowest BCUT2D eigenvalue weighted by atomic mass is 10.1. The van der Waals surface area contributed by atoms with Crippen molar-refractivity contribution in [3.8, 4) is 11.5 Å². The first-order valence-corrected chi connectivity index (χ1v) is 7.20. The third-order valence-corrected chi connectivity index (χ3v) is 2.84. The number of ether oxygens (including phenoxy) is 2. The van der Waals surface area contributed by atoms with E-state index >= 15 is 0 Å². The van der Waals surface area contributed by atoms with E-state index in [9.17, 15) is 15.0 Å². The van der Waals surface area contributed by atoms with Gasteiger partial charge in [-0.15, -0.1) is 0 Å². The molecule has 0 radical (unpaired) electrons. The van der Waals surface area contributed by atoms with Crippen molar-refractivity contribution in [3.63, 3.8) is 0 Å². The average Bonchev–Trinajstić information content (AvgIpc) is 2.37. The summed E-state index contributed by atoms with van der Waals surface area (Å²) in [6.07, 6.45) is 0.0801. The molecule has 0 aliphatic rings. The van der Waals surface area contributed by atoms with E-state index < -0.39 is 17.8 Å². The standard InChI is InChI=1S/C16H25NO5/c1-10(18)6-7-11-8-12(14(19)13(9-11)21-5)17-15(20)22-16(2,3)4/h8-10,18-19H,6-7H2,1-5H3,(H,17,20)/t10-/m0/s1. The van der Waals surface area contributed by atoms with Crippen LogP contribution in [0, 0.1) is 0 Å². The van der Waals surface area contributed by atoms with Gasteiger partial charge in [0.25, 0.3) is 0 Å². The minimum atomic E-state index is -0.655. The highest BCUT2D eigenvalue weighted by Gasteiger charge is 2.19. The number of carbonyl (C=O) groups excluding carboxylic acids is 1. The number of phenols is 1. The second kappa shape index (κ2) is 7.35. The Morgan fingerprint density at radius 1 is 1.36 bits per heavy atom. The lowest BCUT2D eigenvalue weighted by Gasteiger charge is -2.20. The number of aryl methyl sites for hydroxylation is 1. The Balaban J connectivity index is 2.96. The van der Waals surface area contributed by atoms with Crippen LogP contribution in [0.2, 0.25) is 0 Å². The highest BCUT2D eigenvalue weighted by atomic mass is 16.6. The van der Waals surface area contributed by atoms with Crippen LogP contribution in [0.3, 0.4) is 0 Å². The van der Waals surface area contributed by atoms with Crippen LogP contribution >= 0.6 is 0 Å². The molecule has 6 nitrogen and oxygen atoms in total. The van der Waals surface area contributed by atoms with Crippen LogP contribution in [0.5, 0.6) is 11.5 Å². The van der Waals surface area contributed by atoms with Gasteiger partial charge in [0.15, 0.2) is 11.5 Å². The van der Waals surface area contributed by atoms with Crippen LogP contribution in [0.15, 0.2) is 12.1 Å². The maximum absolute atomic E-state index is 11.8. The Labute approximate surface area is 131 Å². The van der Waals surface area contributed by atoms with Gasteiger partial charge in [0.05, 0.1) is 18.9 Å². The fourth-order valence-electron chi connectivity index (χ4n) is 1.85. The fraction of sp³-hybridized carbons (Fsp3) is 0.562. The van der Waals surface area contributed by atoms with Crippen molar-refractivity contribution in [1.82, 2.24) is 0 Å². The van der Waals surface area contributed by atoms with Crippen LogP contribution in [0.4, 0.5) is 10.5 Å². The number of nitrogens with one attached hydrogen (secondary N) is 1. The molecule has 1 amide bonds. The van der Waals surface area contributed by atoms with Gasteiger partial charge < -0.3 is 19.7 Å². The SMILES string of the molecule is COc1cc(CC[C@H](C)O)cc(NC(=O)OC(C)(C)C)c1O. The summed E-state index contributed by atoms with van der Waals surface area (Å²) in [5, 5.41) is 22.0. The smallest absolute Gasteiger partial charge is 0.412 e. The number of aliphatic hydroxyl groups is 1. The third kappa shape index (κ3) is 5.81. The summed E-state index contributed by atoms with van der Waals surface area (Å²) in [4.78, 5) is 11.8. The van der Waals surface area contributed by atoms with Crippen molar-refractivity contribution < 1.29 is 24.5 Å². The molecule has 0 aliphatic heterocycles. The number of rotatable bonds is 5. The molecule has 0 saturated heterocycles. The zero-order valence-electron chi connectivity index (χ0n) is 13.8. The number of phenolic OH excluding ortho intramolecular Hbond substituents is 1. The Kier molecular flexibility index (Phi) is 6.05. The van der Waals surface area contributed by atoms with Crippen molar-refractivity contribution >= 4 is 11.8 Å². The summed E-state index contributed by atoms with van der Waals surface area (Å²) in [6, 6.07) is 3.32. The minimum Gasteiger partial charge on any atom is -0.503 e. The summed E-state index contributed by atoms with van der Waals surface area (Å²) < 4.78 is 10.3. The molecule has 0 aliphatic carbocycles. The Bertz CT molecular complexity index is 520. The van der Waals surface area contributed by atoms with Gasteiger partial charge in [-0.05, 0) is 58.2 Å². The monoisotopic (exact) mass is 311 g/mol. The van der Waals surface area contributed by atoms with Gasteiger partial charge in [-0.1, -0.05) is 0 Å². The molecular weight excluding hydrogens is 286 g/mol. The molecule has 3 N–H and O–H groups in total. The Morgan fingerprint density at radius 3 is 2.50 bits per heavy atom. The first-order valence-electron chi connectivity index (χ1n) is 7.20. The molecule has 0 aromatic heterocycles. The molecule has 0 heterocycles. The zero-order valence-corrected chi connectivity index (χ0v) is 13.8. The number of benzene rings is 1. The topological polar surface area (TPSA) is 88.0 Å². The number of hydrogen-bond acceptors (Lipinski definition) is 5. The minimum absolute atomic E-state index is 0.158. The first kappa shape index (κ1) is 18.1. The number of methoxy groups -OCH3 is 1. The maximum Gasteiger partial charge on any atom is 0.412 e. The van der Waals surface area contributed by atoms with Crippen molar-refractivity contribution in [3.05, 3.63) is 17.7 Å². The van der Waals surface area contributed by atoms with E-state index in [-0.39, 0.29) is 17.2 Å². The van der Waals surface area contributed by atoms with E-state index in [1.54, 1.807) is 39.8 Å². The highest BCUT2D eigenvalue weighted by molar-refractivity contribution is 5.88. The van der Waals surface area contributed by atoms with Crippen LogP contribution in [-0.4, -0.2) is 35.1 Å². The van der Waals surface area contributed by atoms with Gasteiger partial charge in [-0.3, -0.25) is 5.32 Å². The molecule has 0 fully saturated rings. The number of aliphatic hydroxyl groups excluding tert-OH is 1. The number of anilines is 1. The van der Waals surface area contributed by atoms with E-state index in [1.165, 1.54) is 7.11 Å². The molecular formula is C16H25NO5. The molecule has 1 aromatic carbocycles. The Morgan fingerprint density at radius 2 is 2.00 bits per heavy atom. The van der Waals surface area contributed by atoms with Gasteiger partial charge in [-0.25, -0.2) is 4.79 Å². The molecule has 6 heteroatoms. The largest absolute Gasteiger partial charge is 0.503 e. The van der Waals surface area contributed by atoms with Crippen molar-refractivity contribution in [1.29, 1.82) is 0 Å². The lowest BCUT2D eigenvalue weighted by Crippen LogP contribution is -2.27. The van der Waals surface area contributed by atoms with Gasteiger partial charge in [0.2, 0.25) is 0 Å². The van der Waals surface area contributed by atoms with Crippen LogP contribution in [0.1, 0.15) is 39.7 Å². The molecule has 22 heavy (non-hydrogen) atoms. The fourth-order valence-corrected chi connectivity index (χ4v) is 1.85. The van der Waals surface area contributed by atoms with Gasteiger partial charge >= 0.3 is 6.09 Å². The third-order valence-electron chi connectivity index (χ3n) is 2.84. The second-order valence-corrected chi connectivity index (χ2v) is 6.21. The molecule has 0 unspecified atom stereocenters. The van der Waals surface area contributed by atoms with Crippen molar-refractivity contribution in [2.24, 2.45) is 0 Å². The first-order chi connectivity index (χ1) is 10.1. The number of hydrogen-bond donors (Lipinski definition) is 3. The van der Waals surface area contributed by atoms with Crippen LogP contribution < -0.4 is 10.1 Å². The highest BCUT2D eigenvalue weighted by Crippen LogP contribution is 2.36. The molecule has 1 rings (SSSR count). The number of carbonyl (C=O) groups is 1. The average molecular weight is 311 g/mol. The summed E-state index contributed by atoms with van der Waals surface area (Å²) in [5.41, 5.74) is 0.420. The van der Waals surface area contributed by atoms with E-state index in [4.69, 9.17) is 9.47 Å². The number of aromatic hydroxyl groups is 1. The van der Waals surface area contributed by atoms with E-state index in [2.05, 4.69) is 5.32 Å². The van der Waals surface area contributed by atoms with Gasteiger partial charge in [0, 0.05) is 0 Å². The molecule has 0 spiro atoms. The van der Waals surface area contributed by atoms with Crippen molar-refractivity contribution in [2.75, 3.05) is 12.4 Å². The molecule has 1 aromatic rings. The Hall–Kier alpha value is -1.95. The maximum atomic E-state index is 11.8. The van der Waals surface area contributed by atoms with E-state index in [0.29, 0.717) is 12.8 Å². The normalized spacial score (nSPS) is 12.6. The van der Waals surface area contributed by atoms with E-state index in [0.717, 1.165) is 5.56 Å². The van der Waals surface area contributed by atoms with Crippen molar-refractivity contribution in [2.45, 2.75) is 52.2 Å². The second-order valence-electron chi connectivity index (χ2n) is 6.21. The molecule has 1 atom stereocenters. The van der Waals surface area contributed by atoms with Gasteiger partial charge in [-0.2, -0.15) is 0 Å². The summed E-state index contributed by atoms with van der Waals surface area (Å²) in [5.74, 6) is 0.100. The molecule has 0 bridgehead atoms. The zero-order chi connectivity index (χ0) is 16.9. The number of amides is 1. The van der Waals surface area contributed by atoms with Gasteiger partial charge in [0.1, 0.15) is 5.60 Å². The lowest BCUT2D eigenvalue weighted by molar-refractivity contribution is 0.0635. The summed E-state index contributed by atoms with van der Waals surface area (Å²) in [6.45, 7) is 6.97. The predicted molar refractivity (Wildman–Crippen MR) is 84.5 cm³/mol. The van der Waals surface area contributed by atoms with E-state index in [1.807, 2.05) is 0 Å². The summed E-state index contributed by atoms with van der Waals surface area (Å²) in [7, 11) is 1.44.